The van der Waals surface area contributed by atoms with E-state index in [4.69, 9.17) is 4.43 Å². The van der Waals surface area contributed by atoms with E-state index in [1.165, 1.54) is 32.1 Å². The Morgan fingerprint density at radius 3 is 2.00 bits per heavy atom. The summed E-state index contributed by atoms with van der Waals surface area (Å²) in [5.41, 5.74) is 0.292. The molecule has 0 spiro atoms. The zero-order valence-corrected chi connectivity index (χ0v) is 14.3. The molecule has 0 saturated heterocycles. The normalized spacial score (nSPS) is 21.1. The van der Waals surface area contributed by atoms with Gasteiger partial charge >= 0.3 is 0 Å². The van der Waals surface area contributed by atoms with Crippen molar-refractivity contribution in [3.05, 3.63) is 0 Å². The standard InChI is InChI=1S/C16H30OSi/c1-15(2,3)16(4,12-13-17-18(5)6)14-10-8-7-9-11-14/h14,18H,7-11H2,1-6H3/t16-/m0/s1. The van der Waals surface area contributed by atoms with Gasteiger partial charge in [-0.2, -0.15) is 0 Å². The Balaban J connectivity index is 2.90. The highest BCUT2D eigenvalue weighted by Crippen LogP contribution is 2.49. The first-order valence-electron chi connectivity index (χ1n) is 7.45. The SMILES string of the molecule is C[SiH](C)OC#C[C@@](C)(C1CCCCC1)C(C)(C)C. The molecule has 0 N–H and O–H groups in total. The minimum atomic E-state index is -1.03. The van der Waals surface area contributed by atoms with Gasteiger partial charge in [-0.25, -0.2) is 0 Å². The van der Waals surface area contributed by atoms with Gasteiger partial charge in [0.15, 0.2) is 0 Å². The van der Waals surface area contributed by atoms with Crippen LogP contribution in [0.3, 0.4) is 0 Å². The zero-order valence-electron chi connectivity index (χ0n) is 13.1. The molecule has 0 heterocycles. The van der Waals surface area contributed by atoms with Gasteiger partial charge in [0.25, 0.3) is 0 Å². The highest BCUT2D eigenvalue weighted by molar-refractivity contribution is 6.48. The minimum Gasteiger partial charge on any atom is -0.505 e. The maximum atomic E-state index is 5.60. The molecule has 1 atom stereocenters. The molecule has 0 amide bonds. The van der Waals surface area contributed by atoms with Crippen molar-refractivity contribution in [3.63, 3.8) is 0 Å². The van der Waals surface area contributed by atoms with E-state index in [-0.39, 0.29) is 10.8 Å². The van der Waals surface area contributed by atoms with Gasteiger partial charge in [-0.15, -0.1) is 0 Å². The fraction of sp³-hybridized carbons (Fsp3) is 0.875. The lowest BCUT2D eigenvalue weighted by Gasteiger charge is -2.45. The fourth-order valence-electron chi connectivity index (χ4n) is 2.84. The van der Waals surface area contributed by atoms with Crippen molar-refractivity contribution < 1.29 is 4.43 Å². The first-order chi connectivity index (χ1) is 8.27. The molecular formula is C16H30OSi. The Labute approximate surface area is 115 Å². The number of hydrogen-bond acceptors (Lipinski definition) is 1. The first-order valence-corrected chi connectivity index (χ1v) is 10.2. The summed E-state index contributed by atoms with van der Waals surface area (Å²) >= 11 is 0. The molecule has 0 aromatic carbocycles. The van der Waals surface area contributed by atoms with Crippen LogP contribution in [-0.2, 0) is 4.43 Å². The molecule has 1 aliphatic rings. The van der Waals surface area contributed by atoms with Crippen molar-refractivity contribution in [1.29, 1.82) is 0 Å². The van der Waals surface area contributed by atoms with Crippen molar-refractivity contribution in [1.82, 2.24) is 0 Å². The minimum absolute atomic E-state index is 0.0801. The van der Waals surface area contributed by atoms with Crippen LogP contribution in [0.1, 0.15) is 59.8 Å². The molecule has 18 heavy (non-hydrogen) atoms. The molecule has 104 valence electrons. The Morgan fingerprint density at radius 2 is 1.56 bits per heavy atom. The van der Waals surface area contributed by atoms with Crippen LogP contribution < -0.4 is 0 Å². The maximum absolute atomic E-state index is 5.60. The first kappa shape index (κ1) is 15.6. The second kappa shape index (κ2) is 6.15. The highest BCUT2D eigenvalue weighted by Gasteiger charge is 2.43. The lowest BCUT2D eigenvalue weighted by atomic mass is 9.58. The van der Waals surface area contributed by atoms with Crippen molar-refractivity contribution in [2.24, 2.45) is 16.7 Å². The number of rotatable bonds is 2. The molecule has 1 fully saturated rings. The Morgan fingerprint density at radius 1 is 1.00 bits per heavy atom. The van der Waals surface area contributed by atoms with E-state index in [0.717, 1.165) is 5.92 Å². The highest BCUT2D eigenvalue weighted by atomic mass is 28.3. The lowest BCUT2D eigenvalue weighted by Crippen LogP contribution is -2.39. The Kier molecular flexibility index (Phi) is 5.34. The topological polar surface area (TPSA) is 9.23 Å². The quantitative estimate of drug-likeness (QED) is 0.525. The van der Waals surface area contributed by atoms with E-state index in [2.05, 4.69) is 52.8 Å². The van der Waals surface area contributed by atoms with Gasteiger partial charge in [0.2, 0.25) is 9.04 Å². The van der Waals surface area contributed by atoms with Gasteiger partial charge in [0.05, 0.1) is 6.11 Å². The van der Waals surface area contributed by atoms with Gasteiger partial charge in [0, 0.05) is 5.41 Å². The summed E-state index contributed by atoms with van der Waals surface area (Å²) < 4.78 is 5.60. The van der Waals surface area contributed by atoms with Gasteiger partial charge in [-0.3, -0.25) is 0 Å². The van der Waals surface area contributed by atoms with E-state index in [0.29, 0.717) is 0 Å². The average Bonchev–Trinajstić information content (AvgIpc) is 2.28. The molecular weight excluding hydrogens is 236 g/mol. The summed E-state index contributed by atoms with van der Waals surface area (Å²) in [6, 6.07) is 0. The van der Waals surface area contributed by atoms with Crippen LogP contribution in [0, 0.1) is 28.8 Å². The predicted octanol–water partition coefficient (Wildman–Crippen LogP) is 4.58. The third-order valence-corrected chi connectivity index (χ3v) is 5.17. The maximum Gasteiger partial charge on any atom is 0.244 e. The predicted molar refractivity (Wildman–Crippen MR) is 81.9 cm³/mol. The smallest absolute Gasteiger partial charge is 0.244 e. The molecule has 1 aliphatic carbocycles. The molecule has 0 aromatic heterocycles. The molecule has 0 aromatic rings. The van der Waals surface area contributed by atoms with E-state index in [1.54, 1.807) is 0 Å². The summed E-state index contributed by atoms with van der Waals surface area (Å²) in [7, 11) is -1.03. The summed E-state index contributed by atoms with van der Waals surface area (Å²) in [6.45, 7) is 13.7. The largest absolute Gasteiger partial charge is 0.505 e. The average molecular weight is 267 g/mol. The van der Waals surface area contributed by atoms with Crippen molar-refractivity contribution in [3.8, 4) is 12.0 Å². The van der Waals surface area contributed by atoms with E-state index < -0.39 is 9.04 Å². The van der Waals surface area contributed by atoms with Gasteiger partial charge in [-0.1, -0.05) is 46.0 Å². The Hall–Kier alpha value is -0.423. The van der Waals surface area contributed by atoms with Crippen LogP contribution in [0.25, 0.3) is 0 Å². The van der Waals surface area contributed by atoms with Crippen LogP contribution in [-0.4, -0.2) is 9.04 Å². The van der Waals surface area contributed by atoms with Crippen LogP contribution >= 0.6 is 0 Å². The van der Waals surface area contributed by atoms with E-state index in [9.17, 15) is 0 Å². The third-order valence-electron chi connectivity index (χ3n) is 4.59. The molecule has 0 radical (unpaired) electrons. The van der Waals surface area contributed by atoms with Crippen LogP contribution in [0.2, 0.25) is 13.1 Å². The molecule has 0 unspecified atom stereocenters. The van der Waals surface area contributed by atoms with E-state index in [1.807, 2.05) is 0 Å². The van der Waals surface area contributed by atoms with Crippen LogP contribution in [0.4, 0.5) is 0 Å². The lowest BCUT2D eigenvalue weighted by molar-refractivity contribution is 0.0720. The molecule has 0 bridgehead atoms. The van der Waals surface area contributed by atoms with Gasteiger partial charge < -0.3 is 4.43 Å². The van der Waals surface area contributed by atoms with Crippen molar-refractivity contribution >= 4 is 9.04 Å². The van der Waals surface area contributed by atoms with E-state index >= 15 is 0 Å². The van der Waals surface area contributed by atoms with Crippen LogP contribution in [0.5, 0.6) is 0 Å². The summed E-state index contributed by atoms with van der Waals surface area (Å²) in [5.74, 6) is 4.23. The second-order valence-electron chi connectivity index (χ2n) is 7.18. The monoisotopic (exact) mass is 266 g/mol. The molecule has 0 aliphatic heterocycles. The molecule has 1 saturated carbocycles. The summed E-state index contributed by atoms with van der Waals surface area (Å²) in [4.78, 5) is 0. The Bertz CT molecular complexity index is 312. The second-order valence-corrected chi connectivity index (χ2v) is 9.51. The van der Waals surface area contributed by atoms with Gasteiger partial charge in [0.1, 0.15) is 0 Å². The van der Waals surface area contributed by atoms with Crippen molar-refractivity contribution in [2.45, 2.75) is 72.9 Å². The molecule has 2 heteroatoms. The van der Waals surface area contributed by atoms with Gasteiger partial charge in [-0.05, 0) is 44.2 Å². The molecule has 1 nitrogen and oxygen atoms in total. The number of hydrogen-bond donors (Lipinski definition) is 0. The zero-order chi connectivity index (χ0) is 13.8. The third kappa shape index (κ3) is 3.78. The summed E-state index contributed by atoms with van der Waals surface area (Å²) in [5, 5.41) is 0. The summed E-state index contributed by atoms with van der Waals surface area (Å²) in [6.07, 6.45) is 9.86. The fourth-order valence-corrected chi connectivity index (χ4v) is 3.13. The molecule has 1 rings (SSSR count). The van der Waals surface area contributed by atoms with Crippen LogP contribution in [0.15, 0.2) is 0 Å². The van der Waals surface area contributed by atoms with Crippen molar-refractivity contribution in [2.75, 3.05) is 0 Å².